The van der Waals surface area contributed by atoms with E-state index in [1.165, 1.54) is 5.56 Å². The Balaban J connectivity index is 2.86. The Labute approximate surface area is 96.8 Å². The van der Waals surface area contributed by atoms with Crippen molar-refractivity contribution in [2.45, 2.75) is 34.1 Å². The summed E-state index contributed by atoms with van der Waals surface area (Å²) < 4.78 is 4.90. The molecule has 1 rings (SSSR count). The monoisotopic (exact) mass is 221 g/mol. The summed E-state index contributed by atoms with van der Waals surface area (Å²) in [5.74, 6) is 0.246. The number of rotatable bonds is 4. The SMILES string of the molecule is CCOC(=O)c1cc(C)c(CC(C)C)cn1. The molecule has 0 amide bonds. The molecule has 0 N–H and O–H groups in total. The molecule has 3 heteroatoms. The van der Waals surface area contributed by atoms with Gasteiger partial charge in [-0.1, -0.05) is 13.8 Å². The summed E-state index contributed by atoms with van der Waals surface area (Å²) in [6, 6.07) is 1.80. The average Bonchev–Trinajstić information content (AvgIpc) is 2.20. The third kappa shape index (κ3) is 3.33. The van der Waals surface area contributed by atoms with Crippen LogP contribution in [0.15, 0.2) is 12.3 Å². The molecule has 0 unspecified atom stereocenters. The molecular weight excluding hydrogens is 202 g/mol. The second kappa shape index (κ2) is 5.64. The second-order valence-corrected chi connectivity index (χ2v) is 4.31. The molecule has 0 aliphatic carbocycles. The van der Waals surface area contributed by atoms with Gasteiger partial charge in [0.15, 0.2) is 0 Å². The smallest absolute Gasteiger partial charge is 0.356 e. The summed E-state index contributed by atoms with van der Waals surface area (Å²) in [6.45, 7) is 8.50. The Morgan fingerprint density at radius 2 is 2.19 bits per heavy atom. The van der Waals surface area contributed by atoms with Gasteiger partial charge in [0.25, 0.3) is 0 Å². The molecule has 0 radical (unpaired) electrons. The van der Waals surface area contributed by atoms with E-state index in [2.05, 4.69) is 18.8 Å². The number of ether oxygens (including phenoxy) is 1. The molecule has 0 saturated carbocycles. The number of hydrogen-bond acceptors (Lipinski definition) is 3. The standard InChI is InChI=1S/C13H19NO2/c1-5-16-13(15)12-7-10(4)11(8-14-12)6-9(2)3/h7-9H,5-6H2,1-4H3. The molecule has 1 aromatic rings. The first-order valence-corrected chi connectivity index (χ1v) is 5.67. The van der Waals surface area contributed by atoms with Gasteiger partial charge in [0.1, 0.15) is 5.69 Å². The van der Waals surface area contributed by atoms with E-state index in [1.807, 2.05) is 6.92 Å². The van der Waals surface area contributed by atoms with Crippen molar-refractivity contribution < 1.29 is 9.53 Å². The van der Waals surface area contributed by atoms with Gasteiger partial charge in [0, 0.05) is 6.20 Å². The van der Waals surface area contributed by atoms with Gasteiger partial charge in [-0.05, 0) is 43.4 Å². The number of pyridine rings is 1. The molecule has 0 atom stereocenters. The Hall–Kier alpha value is -1.38. The van der Waals surface area contributed by atoms with Crippen molar-refractivity contribution in [1.82, 2.24) is 4.98 Å². The lowest BCUT2D eigenvalue weighted by atomic mass is 10.0. The van der Waals surface area contributed by atoms with Crippen LogP contribution in [-0.4, -0.2) is 17.6 Å². The Kier molecular flexibility index (Phi) is 4.47. The summed E-state index contributed by atoms with van der Waals surface area (Å²) in [4.78, 5) is 15.6. The molecule has 1 heterocycles. The Morgan fingerprint density at radius 1 is 1.50 bits per heavy atom. The molecule has 0 aliphatic rings. The zero-order valence-corrected chi connectivity index (χ0v) is 10.4. The lowest BCUT2D eigenvalue weighted by Crippen LogP contribution is -2.08. The highest BCUT2D eigenvalue weighted by Crippen LogP contribution is 2.13. The topological polar surface area (TPSA) is 39.2 Å². The Bertz CT molecular complexity index is 372. The van der Waals surface area contributed by atoms with Crippen LogP contribution in [0.2, 0.25) is 0 Å². The predicted molar refractivity (Wildman–Crippen MR) is 63.5 cm³/mol. The minimum Gasteiger partial charge on any atom is -0.461 e. The maximum Gasteiger partial charge on any atom is 0.356 e. The molecule has 16 heavy (non-hydrogen) atoms. The Morgan fingerprint density at radius 3 is 2.69 bits per heavy atom. The fraction of sp³-hybridized carbons (Fsp3) is 0.538. The highest BCUT2D eigenvalue weighted by Gasteiger charge is 2.10. The summed E-state index contributed by atoms with van der Waals surface area (Å²) in [6.07, 6.45) is 2.77. The zero-order chi connectivity index (χ0) is 12.1. The molecule has 1 aromatic heterocycles. The number of aromatic nitrogens is 1. The van der Waals surface area contributed by atoms with Gasteiger partial charge in [-0.2, -0.15) is 0 Å². The predicted octanol–water partition coefficient (Wildman–Crippen LogP) is 2.77. The molecule has 0 fully saturated rings. The minimum absolute atomic E-state index is 0.346. The summed E-state index contributed by atoms with van der Waals surface area (Å²) >= 11 is 0. The fourth-order valence-corrected chi connectivity index (χ4v) is 1.55. The van der Waals surface area contributed by atoms with E-state index in [0.29, 0.717) is 18.2 Å². The fourth-order valence-electron chi connectivity index (χ4n) is 1.55. The van der Waals surface area contributed by atoms with Gasteiger partial charge in [-0.25, -0.2) is 9.78 Å². The van der Waals surface area contributed by atoms with Gasteiger partial charge in [-0.15, -0.1) is 0 Å². The van der Waals surface area contributed by atoms with Crippen molar-refractivity contribution in [3.05, 3.63) is 29.1 Å². The van der Waals surface area contributed by atoms with E-state index in [1.54, 1.807) is 19.2 Å². The van der Waals surface area contributed by atoms with Crippen LogP contribution in [0, 0.1) is 12.8 Å². The van der Waals surface area contributed by atoms with Crippen molar-refractivity contribution >= 4 is 5.97 Å². The zero-order valence-electron chi connectivity index (χ0n) is 10.4. The van der Waals surface area contributed by atoms with Gasteiger partial charge < -0.3 is 4.74 Å². The highest BCUT2D eigenvalue weighted by atomic mass is 16.5. The van der Waals surface area contributed by atoms with Crippen LogP contribution in [0.4, 0.5) is 0 Å². The molecule has 0 aromatic carbocycles. The average molecular weight is 221 g/mol. The van der Waals surface area contributed by atoms with Crippen LogP contribution in [0.5, 0.6) is 0 Å². The minimum atomic E-state index is -0.346. The lowest BCUT2D eigenvalue weighted by Gasteiger charge is -2.09. The van der Waals surface area contributed by atoms with Gasteiger partial charge >= 0.3 is 5.97 Å². The number of esters is 1. The molecule has 0 spiro atoms. The first-order chi connectivity index (χ1) is 7.54. The van der Waals surface area contributed by atoms with Crippen LogP contribution < -0.4 is 0 Å². The summed E-state index contributed by atoms with van der Waals surface area (Å²) in [5.41, 5.74) is 2.70. The van der Waals surface area contributed by atoms with Crippen molar-refractivity contribution in [2.24, 2.45) is 5.92 Å². The van der Waals surface area contributed by atoms with Crippen LogP contribution in [0.1, 0.15) is 42.4 Å². The second-order valence-electron chi connectivity index (χ2n) is 4.31. The van der Waals surface area contributed by atoms with Crippen LogP contribution >= 0.6 is 0 Å². The van der Waals surface area contributed by atoms with Crippen molar-refractivity contribution in [1.29, 1.82) is 0 Å². The maximum absolute atomic E-state index is 11.4. The van der Waals surface area contributed by atoms with Crippen molar-refractivity contribution in [3.8, 4) is 0 Å². The third-order valence-electron chi connectivity index (χ3n) is 2.33. The highest BCUT2D eigenvalue weighted by molar-refractivity contribution is 5.87. The largest absolute Gasteiger partial charge is 0.461 e. The van der Waals surface area contributed by atoms with E-state index in [9.17, 15) is 4.79 Å². The first kappa shape index (κ1) is 12.7. The quantitative estimate of drug-likeness (QED) is 0.734. The van der Waals surface area contributed by atoms with E-state index in [4.69, 9.17) is 4.74 Å². The van der Waals surface area contributed by atoms with E-state index < -0.39 is 0 Å². The summed E-state index contributed by atoms with van der Waals surface area (Å²) in [5, 5.41) is 0. The number of carbonyl (C=O) groups is 1. The summed E-state index contributed by atoms with van der Waals surface area (Å²) in [7, 11) is 0. The third-order valence-corrected chi connectivity index (χ3v) is 2.33. The molecule has 0 bridgehead atoms. The van der Waals surface area contributed by atoms with E-state index in [0.717, 1.165) is 12.0 Å². The van der Waals surface area contributed by atoms with E-state index >= 15 is 0 Å². The molecule has 0 aliphatic heterocycles. The van der Waals surface area contributed by atoms with Crippen LogP contribution in [-0.2, 0) is 11.2 Å². The molecule has 88 valence electrons. The number of hydrogen-bond donors (Lipinski definition) is 0. The molecular formula is C13H19NO2. The van der Waals surface area contributed by atoms with Crippen molar-refractivity contribution in [2.75, 3.05) is 6.61 Å². The van der Waals surface area contributed by atoms with Crippen LogP contribution in [0.3, 0.4) is 0 Å². The molecule has 0 saturated heterocycles. The number of nitrogens with zero attached hydrogens (tertiary/aromatic N) is 1. The molecule has 3 nitrogen and oxygen atoms in total. The maximum atomic E-state index is 11.4. The lowest BCUT2D eigenvalue weighted by molar-refractivity contribution is 0.0519. The number of aryl methyl sites for hydroxylation is 1. The van der Waals surface area contributed by atoms with Crippen molar-refractivity contribution in [3.63, 3.8) is 0 Å². The normalized spacial score (nSPS) is 10.6. The van der Waals surface area contributed by atoms with Gasteiger partial charge in [0.2, 0.25) is 0 Å². The van der Waals surface area contributed by atoms with Gasteiger partial charge in [-0.3, -0.25) is 0 Å². The van der Waals surface area contributed by atoms with Gasteiger partial charge in [0.05, 0.1) is 6.61 Å². The first-order valence-electron chi connectivity index (χ1n) is 5.67. The number of carbonyl (C=O) groups excluding carboxylic acids is 1. The van der Waals surface area contributed by atoms with Crippen LogP contribution in [0.25, 0.3) is 0 Å². The van der Waals surface area contributed by atoms with E-state index in [-0.39, 0.29) is 5.97 Å².